The van der Waals surface area contributed by atoms with Crippen molar-refractivity contribution in [3.8, 4) is 0 Å². The fourth-order valence-electron chi connectivity index (χ4n) is 1.71. The van der Waals surface area contributed by atoms with Gasteiger partial charge in [-0.1, -0.05) is 23.2 Å². The van der Waals surface area contributed by atoms with Crippen LogP contribution >= 0.6 is 23.2 Å². The number of rotatable bonds is 1. The van der Waals surface area contributed by atoms with E-state index in [4.69, 9.17) is 23.2 Å². The number of aliphatic hydroxyl groups is 1. The van der Waals surface area contributed by atoms with Crippen molar-refractivity contribution < 1.29 is 9.90 Å². The first-order valence-electron chi connectivity index (χ1n) is 5.25. The van der Waals surface area contributed by atoms with Crippen molar-refractivity contribution in [3.63, 3.8) is 0 Å². The molecule has 1 aliphatic heterocycles. The molecule has 0 spiro atoms. The standard InChI is InChI=1S/C11H12Cl2N2O2/c12-7-1-2-9(13)10(5-7)14-11(17)15-4-3-8(16)6-15/h1-2,5,8,16H,3-4,6H2,(H,14,17)/t8-/m1/s1. The molecule has 1 saturated heterocycles. The number of halogens is 2. The fourth-order valence-corrected chi connectivity index (χ4v) is 2.05. The normalized spacial score (nSPS) is 19.5. The molecule has 2 N–H and O–H groups in total. The fraction of sp³-hybridized carbons (Fsp3) is 0.364. The summed E-state index contributed by atoms with van der Waals surface area (Å²) < 4.78 is 0. The van der Waals surface area contributed by atoms with Crippen molar-refractivity contribution in [2.45, 2.75) is 12.5 Å². The van der Waals surface area contributed by atoms with Crippen LogP contribution in [0.1, 0.15) is 6.42 Å². The van der Waals surface area contributed by atoms with Gasteiger partial charge in [-0.3, -0.25) is 0 Å². The molecule has 2 rings (SSSR count). The number of amides is 2. The summed E-state index contributed by atoms with van der Waals surface area (Å²) in [6, 6.07) is 4.59. The molecule has 1 atom stereocenters. The summed E-state index contributed by atoms with van der Waals surface area (Å²) in [6.07, 6.45) is 0.173. The van der Waals surface area contributed by atoms with Gasteiger partial charge in [0, 0.05) is 18.1 Å². The third-order valence-electron chi connectivity index (χ3n) is 2.62. The summed E-state index contributed by atoms with van der Waals surface area (Å²) in [4.78, 5) is 13.4. The summed E-state index contributed by atoms with van der Waals surface area (Å²) in [6.45, 7) is 0.898. The number of carbonyl (C=O) groups excluding carboxylic acids is 1. The minimum atomic E-state index is -0.435. The van der Waals surface area contributed by atoms with Gasteiger partial charge in [-0.25, -0.2) is 4.79 Å². The Morgan fingerprint density at radius 3 is 2.88 bits per heavy atom. The number of nitrogens with zero attached hydrogens (tertiary/aromatic N) is 1. The van der Waals surface area contributed by atoms with Gasteiger partial charge in [0.2, 0.25) is 0 Å². The molecule has 0 saturated carbocycles. The number of β-amino-alcohol motifs (C(OH)–C–C–N with tert-alkyl or cyclic N) is 1. The molecule has 2 amide bonds. The molecule has 4 nitrogen and oxygen atoms in total. The Hall–Kier alpha value is -0.970. The SMILES string of the molecule is O=C(Nc1cc(Cl)ccc1Cl)N1CC[C@@H](O)C1. The lowest BCUT2D eigenvalue weighted by Gasteiger charge is -2.17. The molecule has 1 aromatic rings. The second kappa shape index (κ2) is 5.12. The first-order valence-corrected chi connectivity index (χ1v) is 6.01. The summed E-state index contributed by atoms with van der Waals surface area (Å²) in [5.74, 6) is 0. The molecular weight excluding hydrogens is 263 g/mol. The number of likely N-dealkylation sites (tertiary alicyclic amines) is 1. The van der Waals surface area contributed by atoms with Crippen molar-refractivity contribution in [1.29, 1.82) is 0 Å². The molecule has 0 radical (unpaired) electrons. The van der Waals surface area contributed by atoms with Crippen molar-refractivity contribution in [2.24, 2.45) is 0 Å². The van der Waals surface area contributed by atoms with Gasteiger partial charge in [-0.05, 0) is 24.6 Å². The first kappa shape index (κ1) is 12.5. The Balaban J connectivity index is 2.05. The number of hydrogen-bond acceptors (Lipinski definition) is 2. The number of anilines is 1. The van der Waals surface area contributed by atoms with Gasteiger partial charge in [-0.2, -0.15) is 0 Å². The molecular formula is C11H12Cl2N2O2. The topological polar surface area (TPSA) is 52.6 Å². The van der Waals surface area contributed by atoms with E-state index < -0.39 is 6.10 Å². The van der Waals surface area contributed by atoms with E-state index in [0.717, 1.165) is 0 Å². The van der Waals surface area contributed by atoms with Crippen LogP contribution in [-0.2, 0) is 0 Å². The van der Waals surface area contributed by atoms with Crippen LogP contribution in [0.25, 0.3) is 0 Å². The quantitative estimate of drug-likeness (QED) is 0.827. The van der Waals surface area contributed by atoms with E-state index in [1.807, 2.05) is 0 Å². The molecule has 92 valence electrons. The predicted molar refractivity (Wildman–Crippen MR) is 67.7 cm³/mol. The number of carbonyl (C=O) groups is 1. The molecule has 6 heteroatoms. The Kier molecular flexibility index (Phi) is 3.76. The Morgan fingerprint density at radius 1 is 1.47 bits per heavy atom. The van der Waals surface area contributed by atoms with Gasteiger partial charge >= 0.3 is 6.03 Å². The lowest BCUT2D eigenvalue weighted by molar-refractivity contribution is 0.176. The van der Waals surface area contributed by atoms with Crippen LogP contribution in [0.5, 0.6) is 0 Å². The van der Waals surface area contributed by atoms with E-state index in [1.54, 1.807) is 23.1 Å². The third-order valence-corrected chi connectivity index (χ3v) is 3.19. The lowest BCUT2D eigenvalue weighted by atomic mass is 10.3. The van der Waals surface area contributed by atoms with Crippen molar-refractivity contribution in [3.05, 3.63) is 28.2 Å². The zero-order valence-corrected chi connectivity index (χ0v) is 10.5. The zero-order chi connectivity index (χ0) is 12.4. The van der Waals surface area contributed by atoms with Gasteiger partial charge in [0.15, 0.2) is 0 Å². The van der Waals surface area contributed by atoms with Crippen molar-refractivity contribution in [1.82, 2.24) is 4.90 Å². The average Bonchev–Trinajstić information content (AvgIpc) is 2.70. The number of benzene rings is 1. The summed E-state index contributed by atoms with van der Waals surface area (Å²) >= 11 is 11.8. The highest BCUT2D eigenvalue weighted by molar-refractivity contribution is 6.35. The van der Waals surface area contributed by atoms with E-state index in [1.165, 1.54) is 0 Å². The molecule has 0 aromatic heterocycles. The minimum absolute atomic E-state index is 0.272. The second-order valence-corrected chi connectivity index (χ2v) is 4.79. The van der Waals surface area contributed by atoms with E-state index in [0.29, 0.717) is 35.2 Å². The lowest BCUT2D eigenvalue weighted by Crippen LogP contribution is -2.33. The van der Waals surface area contributed by atoms with E-state index in [-0.39, 0.29) is 6.03 Å². The largest absolute Gasteiger partial charge is 0.391 e. The highest BCUT2D eigenvalue weighted by atomic mass is 35.5. The molecule has 1 heterocycles. The van der Waals surface area contributed by atoms with Gasteiger partial charge in [0.1, 0.15) is 0 Å². The van der Waals surface area contributed by atoms with Crippen LogP contribution in [-0.4, -0.2) is 35.2 Å². The van der Waals surface area contributed by atoms with E-state index in [9.17, 15) is 9.90 Å². The highest BCUT2D eigenvalue weighted by Crippen LogP contribution is 2.26. The van der Waals surface area contributed by atoms with Gasteiger partial charge in [0.25, 0.3) is 0 Å². The molecule has 1 aromatic carbocycles. The number of urea groups is 1. The summed E-state index contributed by atoms with van der Waals surface area (Å²) in [7, 11) is 0. The summed E-state index contributed by atoms with van der Waals surface area (Å²) in [5.41, 5.74) is 0.477. The Labute approximate surface area is 109 Å². The van der Waals surface area contributed by atoms with Crippen LogP contribution in [0.15, 0.2) is 18.2 Å². The van der Waals surface area contributed by atoms with Crippen LogP contribution in [0.4, 0.5) is 10.5 Å². The van der Waals surface area contributed by atoms with Crippen molar-refractivity contribution in [2.75, 3.05) is 18.4 Å². The van der Waals surface area contributed by atoms with E-state index in [2.05, 4.69) is 5.32 Å². The maximum absolute atomic E-state index is 11.8. The van der Waals surface area contributed by atoms with Crippen LogP contribution in [0, 0.1) is 0 Å². The molecule has 0 aliphatic carbocycles. The molecule has 17 heavy (non-hydrogen) atoms. The molecule has 0 bridgehead atoms. The number of hydrogen-bond donors (Lipinski definition) is 2. The molecule has 1 aliphatic rings. The second-order valence-electron chi connectivity index (χ2n) is 3.94. The number of aliphatic hydroxyl groups excluding tert-OH is 1. The average molecular weight is 275 g/mol. The van der Waals surface area contributed by atoms with Crippen LogP contribution < -0.4 is 5.32 Å². The predicted octanol–water partition coefficient (Wildman–Crippen LogP) is 2.59. The Morgan fingerprint density at radius 2 is 2.24 bits per heavy atom. The smallest absolute Gasteiger partial charge is 0.321 e. The van der Waals surface area contributed by atoms with Gasteiger partial charge in [-0.15, -0.1) is 0 Å². The zero-order valence-electron chi connectivity index (χ0n) is 8.99. The first-order chi connectivity index (χ1) is 8.06. The van der Waals surface area contributed by atoms with Crippen molar-refractivity contribution >= 4 is 34.9 Å². The maximum Gasteiger partial charge on any atom is 0.321 e. The summed E-state index contributed by atoms with van der Waals surface area (Å²) in [5, 5.41) is 13.0. The Bertz CT molecular complexity index is 439. The number of nitrogens with one attached hydrogen (secondary N) is 1. The van der Waals surface area contributed by atoms with Gasteiger partial charge in [0.05, 0.1) is 16.8 Å². The molecule has 1 fully saturated rings. The van der Waals surface area contributed by atoms with Crippen LogP contribution in [0.3, 0.4) is 0 Å². The van der Waals surface area contributed by atoms with Crippen LogP contribution in [0.2, 0.25) is 10.0 Å². The van der Waals surface area contributed by atoms with Gasteiger partial charge < -0.3 is 15.3 Å². The third kappa shape index (κ3) is 3.03. The van der Waals surface area contributed by atoms with E-state index >= 15 is 0 Å². The minimum Gasteiger partial charge on any atom is -0.391 e. The molecule has 0 unspecified atom stereocenters. The maximum atomic E-state index is 11.8. The highest BCUT2D eigenvalue weighted by Gasteiger charge is 2.24. The monoisotopic (exact) mass is 274 g/mol.